The van der Waals surface area contributed by atoms with Crippen LogP contribution < -0.4 is 4.90 Å². The second-order valence-corrected chi connectivity index (χ2v) is 7.10. The Morgan fingerprint density at radius 3 is 2.67 bits per heavy atom. The first kappa shape index (κ1) is 17.0. The molecule has 0 aliphatic carbocycles. The summed E-state index contributed by atoms with van der Waals surface area (Å²) in [5, 5.41) is 0. The van der Waals surface area contributed by atoms with Crippen LogP contribution >= 0.6 is 15.9 Å². The number of carbonyl (C=O) groups excluding carboxylic acids is 1. The number of rotatable bonds is 4. The van der Waals surface area contributed by atoms with Gasteiger partial charge in [0.1, 0.15) is 0 Å². The van der Waals surface area contributed by atoms with Crippen molar-refractivity contribution in [3.05, 3.63) is 63.6 Å². The topological polar surface area (TPSA) is 29.5 Å². The number of esters is 1. The van der Waals surface area contributed by atoms with Crippen LogP contribution in [0, 0.1) is 0 Å². The van der Waals surface area contributed by atoms with E-state index in [1.165, 1.54) is 16.8 Å². The van der Waals surface area contributed by atoms with E-state index in [4.69, 9.17) is 4.74 Å². The average molecular weight is 388 g/mol. The van der Waals surface area contributed by atoms with E-state index in [9.17, 15) is 4.79 Å². The molecule has 2 aromatic carbocycles. The number of fused-ring (bicyclic) bond motifs is 1. The summed E-state index contributed by atoms with van der Waals surface area (Å²) < 4.78 is 6.26. The molecule has 0 radical (unpaired) electrons. The smallest absolute Gasteiger partial charge is 0.338 e. The maximum Gasteiger partial charge on any atom is 0.338 e. The molecule has 0 N–H and O–H groups in total. The number of halogens is 1. The summed E-state index contributed by atoms with van der Waals surface area (Å²) >= 11 is 3.64. The fourth-order valence-corrected chi connectivity index (χ4v) is 3.72. The van der Waals surface area contributed by atoms with E-state index < -0.39 is 0 Å². The van der Waals surface area contributed by atoms with Crippen LogP contribution in [-0.4, -0.2) is 18.6 Å². The lowest BCUT2D eigenvalue weighted by Gasteiger charge is -2.27. The highest BCUT2D eigenvalue weighted by Crippen LogP contribution is 2.42. The Morgan fingerprint density at radius 2 is 1.96 bits per heavy atom. The summed E-state index contributed by atoms with van der Waals surface area (Å²) in [5.74, 6) is 0.126. The second kappa shape index (κ2) is 6.98. The fraction of sp³-hybridized carbons (Fsp3) is 0.350. The van der Waals surface area contributed by atoms with Gasteiger partial charge in [-0.3, -0.25) is 0 Å². The average Bonchev–Trinajstić information content (AvgIpc) is 2.81. The predicted molar refractivity (Wildman–Crippen MR) is 101 cm³/mol. The van der Waals surface area contributed by atoms with Gasteiger partial charge in [-0.1, -0.05) is 41.1 Å². The number of benzene rings is 2. The summed E-state index contributed by atoms with van der Waals surface area (Å²) in [7, 11) is 0. The van der Waals surface area contributed by atoms with Gasteiger partial charge in [0.15, 0.2) is 0 Å². The van der Waals surface area contributed by atoms with E-state index >= 15 is 0 Å². The molecule has 0 aromatic heterocycles. The minimum Gasteiger partial charge on any atom is -0.462 e. The lowest BCUT2D eigenvalue weighted by Crippen LogP contribution is -2.30. The Kier molecular flexibility index (Phi) is 4.95. The van der Waals surface area contributed by atoms with Gasteiger partial charge < -0.3 is 9.64 Å². The third kappa shape index (κ3) is 3.07. The first-order valence-corrected chi connectivity index (χ1v) is 9.13. The highest BCUT2D eigenvalue weighted by Gasteiger charge is 2.33. The van der Waals surface area contributed by atoms with Crippen molar-refractivity contribution >= 4 is 27.6 Å². The molecule has 0 saturated heterocycles. The van der Waals surface area contributed by atoms with Crippen LogP contribution in [0.25, 0.3) is 0 Å². The van der Waals surface area contributed by atoms with E-state index in [0.29, 0.717) is 24.1 Å². The Hall–Kier alpha value is -1.81. The van der Waals surface area contributed by atoms with Crippen LogP contribution in [0.15, 0.2) is 46.9 Å². The zero-order chi connectivity index (χ0) is 17.3. The molecular formula is C20H22BrNO2. The van der Waals surface area contributed by atoms with Crippen LogP contribution in [0.2, 0.25) is 0 Å². The van der Waals surface area contributed by atoms with E-state index in [2.05, 4.69) is 58.9 Å². The predicted octanol–water partition coefficient (Wildman–Crippen LogP) is 5.14. The Labute approximate surface area is 151 Å². The van der Waals surface area contributed by atoms with Gasteiger partial charge >= 0.3 is 5.97 Å². The van der Waals surface area contributed by atoms with Crippen LogP contribution in [-0.2, 0) is 11.3 Å². The first-order valence-electron chi connectivity index (χ1n) is 8.34. The van der Waals surface area contributed by atoms with Gasteiger partial charge in [0.2, 0.25) is 0 Å². The van der Waals surface area contributed by atoms with Gasteiger partial charge in [0.25, 0.3) is 0 Å². The maximum absolute atomic E-state index is 12.0. The molecule has 4 heteroatoms. The summed E-state index contributed by atoms with van der Waals surface area (Å²) in [6.07, 6.45) is 0. The third-order valence-electron chi connectivity index (χ3n) is 4.85. The van der Waals surface area contributed by atoms with Gasteiger partial charge in [-0.05, 0) is 49.2 Å². The van der Waals surface area contributed by atoms with Crippen molar-refractivity contribution in [2.45, 2.75) is 39.3 Å². The van der Waals surface area contributed by atoms with E-state index in [0.717, 1.165) is 11.0 Å². The van der Waals surface area contributed by atoms with Gasteiger partial charge in [0.05, 0.1) is 12.2 Å². The highest BCUT2D eigenvalue weighted by molar-refractivity contribution is 9.10. The van der Waals surface area contributed by atoms with Crippen LogP contribution in [0.5, 0.6) is 0 Å². The maximum atomic E-state index is 12.0. The molecule has 126 valence electrons. The quantitative estimate of drug-likeness (QED) is 0.680. The molecule has 0 bridgehead atoms. The molecule has 1 aliphatic rings. The largest absolute Gasteiger partial charge is 0.462 e. The number of carbonyl (C=O) groups is 1. The Morgan fingerprint density at radius 1 is 1.21 bits per heavy atom. The zero-order valence-electron chi connectivity index (χ0n) is 14.3. The molecule has 2 unspecified atom stereocenters. The molecule has 0 amide bonds. The normalized spacial score (nSPS) is 19.2. The number of anilines is 1. The number of hydrogen-bond donors (Lipinski definition) is 0. The standard InChI is InChI=1S/C20H22BrNO2/c1-4-24-20(23)15-9-10-19-17(11-15)13(2)14(3)22(19)12-16-7-5-6-8-18(16)21/h5-11,13-14H,4,12H2,1-3H3. The summed E-state index contributed by atoms with van der Waals surface area (Å²) in [6.45, 7) is 7.54. The molecule has 2 aromatic rings. The molecule has 1 aliphatic heterocycles. The van der Waals surface area contributed by atoms with Crippen molar-refractivity contribution in [3.63, 3.8) is 0 Å². The molecule has 3 rings (SSSR count). The van der Waals surface area contributed by atoms with Crippen molar-refractivity contribution in [3.8, 4) is 0 Å². The summed E-state index contributed by atoms with van der Waals surface area (Å²) in [4.78, 5) is 14.4. The highest BCUT2D eigenvalue weighted by atomic mass is 79.9. The molecule has 3 nitrogen and oxygen atoms in total. The van der Waals surface area contributed by atoms with Gasteiger partial charge in [-0.25, -0.2) is 4.79 Å². The van der Waals surface area contributed by atoms with Crippen molar-refractivity contribution < 1.29 is 9.53 Å². The second-order valence-electron chi connectivity index (χ2n) is 6.24. The SMILES string of the molecule is CCOC(=O)c1ccc2c(c1)C(C)C(C)N2Cc1ccccc1Br. The Balaban J connectivity index is 1.93. The van der Waals surface area contributed by atoms with E-state index in [1.54, 1.807) is 0 Å². The van der Waals surface area contributed by atoms with E-state index in [1.807, 2.05) is 25.1 Å². The minimum atomic E-state index is -0.246. The van der Waals surface area contributed by atoms with E-state index in [-0.39, 0.29) is 5.97 Å². The molecule has 0 saturated carbocycles. The van der Waals surface area contributed by atoms with Crippen molar-refractivity contribution in [1.29, 1.82) is 0 Å². The number of nitrogens with zero attached hydrogens (tertiary/aromatic N) is 1. The minimum absolute atomic E-state index is 0.246. The molecule has 24 heavy (non-hydrogen) atoms. The van der Waals surface area contributed by atoms with Crippen molar-refractivity contribution in [1.82, 2.24) is 0 Å². The zero-order valence-corrected chi connectivity index (χ0v) is 15.8. The monoisotopic (exact) mass is 387 g/mol. The lowest BCUT2D eigenvalue weighted by molar-refractivity contribution is 0.0526. The Bertz CT molecular complexity index is 759. The van der Waals surface area contributed by atoms with Crippen LogP contribution in [0.3, 0.4) is 0 Å². The van der Waals surface area contributed by atoms with Crippen LogP contribution in [0.1, 0.15) is 48.2 Å². The summed E-state index contributed by atoms with van der Waals surface area (Å²) in [5.41, 5.74) is 4.33. The number of ether oxygens (including phenoxy) is 1. The molecule has 0 spiro atoms. The fourth-order valence-electron chi connectivity index (χ4n) is 3.31. The molecule has 0 fully saturated rings. The van der Waals surface area contributed by atoms with Gasteiger partial charge in [0, 0.05) is 28.7 Å². The van der Waals surface area contributed by atoms with Crippen molar-refractivity contribution in [2.24, 2.45) is 0 Å². The van der Waals surface area contributed by atoms with Gasteiger partial charge in [-0.15, -0.1) is 0 Å². The van der Waals surface area contributed by atoms with Gasteiger partial charge in [-0.2, -0.15) is 0 Å². The third-order valence-corrected chi connectivity index (χ3v) is 5.63. The molecule has 2 atom stereocenters. The number of hydrogen-bond acceptors (Lipinski definition) is 3. The van der Waals surface area contributed by atoms with Crippen molar-refractivity contribution in [2.75, 3.05) is 11.5 Å². The molecule has 1 heterocycles. The first-order chi connectivity index (χ1) is 11.5. The lowest BCUT2D eigenvalue weighted by atomic mass is 9.97. The van der Waals surface area contributed by atoms with Crippen LogP contribution in [0.4, 0.5) is 5.69 Å². The molecular weight excluding hydrogens is 366 g/mol. The summed E-state index contributed by atoms with van der Waals surface area (Å²) in [6, 6.07) is 14.6.